The molecule has 1 N–H and O–H groups in total. The van der Waals surface area contributed by atoms with Crippen LogP contribution in [0.2, 0.25) is 5.02 Å². The van der Waals surface area contributed by atoms with Gasteiger partial charge in [-0.2, -0.15) is 0 Å². The quantitative estimate of drug-likeness (QED) is 0.880. The molecule has 1 fully saturated rings. The Morgan fingerprint density at radius 1 is 1.10 bits per heavy atom. The third-order valence-corrected chi connectivity index (χ3v) is 4.52. The van der Waals surface area contributed by atoms with E-state index in [1.807, 2.05) is 56.3 Å². The van der Waals surface area contributed by atoms with E-state index in [0.717, 1.165) is 35.2 Å². The van der Waals surface area contributed by atoms with E-state index in [2.05, 4.69) is 5.32 Å². The zero-order chi connectivity index (χ0) is 15.0. The molecule has 0 aliphatic heterocycles. The van der Waals surface area contributed by atoms with Crippen LogP contribution in [0.25, 0.3) is 0 Å². The zero-order valence-corrected chi connectivity index (χ0v) is 13.0. The second-order valence-corrected chi connectivity index (χ2v) is 6.25. The number of aryl methyl sites for hydroxylation is 2. The van der Waals surface area contributed by atoms with Crippen molar-refractivity contribution >= 4 is 23.2 Å². The minimum absolute atomic E-state index is 0.0715. The molecular formula is C18H18ClNO. The predicted molar refractivity (Wildman–Crippen MR) is 86.9 cm³/mol. The summed E-state index contributed by atoms with van der Waals surface area (Å²) in [4.78, 5) is 12.8. The van der Waals surface area contributed by atoms with Gasteiger partial charge in [0.2, 0.25) is 5.91 Å². The first-order chi connectivity index (χ1) is 10.0. The number of halogens is 1. The summed E-state index contributed by atoms with van der Waals surface area (Å²) in [5.74, 6) is 0.0715. The third kappa shape index (κ3) is 2.56. The molecule has 1 saturated carbocycles. The molecule has 2 nitrogen and oxygen atoms in total. The first kappa shape index (κ1) is 14.2. The van der Waals surface area contributed by atoms with Crippen LogP contribution < -0.4 is 5.32 Å². The molecule has 108 valence electrons. The molecule has 0 bridgehead atoms. The average Bonchev–Trinajstić information content (AvgIpc) is 3.24. The van der Waals surface area contributed by atoms with Crippen molar-refractivity contribution in [2.45, 2.75) is 32.1 Å². The number of para-hydroxylation sites is 1. The zero-order valence-electron chi connectivity index (χ0n) is 12.2. The Bertz CT molecular complexity index is 684. The molecule has 1 aliphatic carbocycles. The number of nitrogens with one attached hydrogen (secondary N) is 1. The van der Waals surface area contributed by atoms with E-state index in [0.29, 0.717) is 5.02 Å². The molecule has 2 aromatic rings. The van der Waals surface area contributed by atoms with Gasteiger partial charge in [0.15, 0.2) is 0 Å². The molecule has 1 amide bonds. The van der Waals surface area contributed by atoms with Gasteiger partial charge in [-0.15, -0.1) is 0 Å². The number of rotatable bonds is 3. The topological polar surface area (TPSA) is 29.1 Å². The Kier molecular flexibility index (Phi) is 3.50. The standard InChI is InChI=1S/C18H18ClNO/c1-12-5-3-6-13(2)16(12)20-17(21)18(9-10-18)14-7-4-8-15(19)11-14/h3-8,11H,9-10H2,1-2H3,(H,20,21). The fourth-order valence-electron chi connectivity index (χ4n) is 2.80. The predicted octanol–water partition coefficient (Wildman–Crippen LogP) is 4.63. The molecule has 0 spiro atoms. The molecule has 21 heavy (non-hydrogen) atoms. The second-order valence-electron chi connectivity index (χ2n) is 5.81. The maximum Gasteiger partial charge on any atom is 0.235 e. The van der Waals surface area contributed by atoms with Gasteiger partial charge < -0.3 is 5.32 Å². The van der Waals surface area contributed by atoms with Crippen LogP contribution in [0.4, 0.5) is 5.69 Å². The van der Waals surface area contributed by atoms with Crippen molar-refractivity contribution < 1.29 is 4.79 Å². The van der Waals surface area contributed by atoms with Crippen LogP contribution in [0.3, 0.4) is 0 Å². The van der Waals surface area contributed by atoms with Gasteiger partial charge in [0.1, 0.15) is 0 Å². The van der Waals surface area contributed by atoms with Gasteiger partial charge in [0.25, 0.3) is 0 Å². The maximum atomic E-state index is 12.8. The largest absolute Gasteiger partial charge is 0.325 e. The smallest absolute Gasteiger partial charge is 0.235 e. The number of hydrogen-bond acceptors (Lipinski definition) is 1. The van der Waals surface area contributed by atoms with Crippen LogP contribution in [-0.4, -0.2) is 5.91 Å². The van der Waals surface area contributed by atoms with E-state index in [9.17, 15) is 4.79 Å². The first-order valence-corrected chi connectivity index (χ1v) is 7.54. The summed E-state index contributed by atoms with van der Waals surface area (Å²) in [5, 5.41) is 3.80. The Hall–Kier alpha value is -1.80. The Balaban J connectivity index is 1.89. The van der Waals surface area contributed by atoms with E-state index in [-0.39, 0.29) is 5.91 Å². The summed E-state index contributed by atoms with van der Waals surface area (Å²) >= 11 is 6.06. The van der Waals surface area contributed by atoms with Crippen LogP contribution in [0, 0.1) is 13.8 Å². The molecule has 0 saturated heterocycles. The Labute approximate surface area is 130 Å². The lowest BCUT2D eigenvalue weighted by atomic mass is 9.94. The molecular weight excluding hydrogens is 282 g/mol. The van der Waals surface area contributed by atoms with E-state index >= 15 is 0 Å². The van der Waals surface area contributed by atoms with Crippen molar-refractivity contribution in [3.8, 4) is 0 Å². The summed E-state index contributed by atoms with van der Waals surface area (Å²) in [5.41, 5.74) is 3.71. The van der Waals surface area contributed by atoms with Crippen molar-refractivity contribution in [3.05, 3.63) is 64.2 Å². The number of carbonyl (C=O) groups is 1. The number of anilines is 1. The highest BCUT2D eigenvalue weighted by Crippen LogP contribution is 2.49. The van der Waals surface area contributed by atoms with Gasteiger partial charge >= 0.3 is 0 Å². The minimum atomic E-state index is -0.403. The van der Waals surface area contributed by atoms with Gasteiger partial charge in [-0.25, -0.2) is 0 Å². The summed E-state index contributed by atoms with van der Waals surface area (Å²) in [7, 11) is 0. The molecule has 3 heteroatoms. The fraction of sp³-hybridized carbons (Fsp3) is 0.278. The van der Waals surface area contributed by atoms with Crippen molar-refractivity contribution in [3.63, 3.8) is 0 Å². The maximum absolute atomic E-state index is 12.8. The molecule has 3 rings (SSSR count). The summed E-state index contributed by atoms with van der Waals surface area (Å²) < 4.78 is 0. The first-order valence-electron chi connectivity index (χ1n) is 7.17. The third-order valence-electron chi connectivity index (χ3n) is 4.28. The lowest BCUT2D eigenvalue weighted by molar-refractivity contribution is -0.118. The van der Waals surface area contributed by atoms with Crippen LogP contribution in [0.5, 0.6) is 0 Å². The summed E-state index contributed by atoms with van der Waals surface area (Å²) in [6, 6.07) is 13.7. The summed E-state index contributed by atoms with van der Waals surface area (Å²) in [6.45, 7) is 4.03. The van der Waals surface area contributed by atoms with E-state index < -0.39 is 5.41 Å². The van der Waals surface area contributed by atoms with Crippen molar-refractivity contribution in [2.75, 3.05) is 5.32 Å². The highest BCUT2D eigenvalue weighted by molar-refractivity contribution is 6.30. The summed E-state index contributed by atoms with van der Waals surface area (Å²) in [6.07, 6.45) is 1.76. The van der Waals surface area contributed by atoms with Gasteiger partial charge in [0, 0.05) is 10.7 Å². The van der Waals surface area contributed by atoms with E-state index in [1.165, 1.54) is 0 Å². The Morgan fingerprint density at radius 3 is 2.29 bits per heavy atom. The van der Waals surface area contributed by atoms with E-state index in [1.54, 1.807) is 0 Å². The van der Waals surface area contributed by atoms with Crippen LogP contribution in [-0.2, 0) is 10.2 Å². The SMILES string of the molecule is Cc1cccc(C)c1NC(=O)C1(c2cccc(Cl)c2)CC1. The molecule has 0 heterocycles. The average molecular weight is 300 g/mol. The van der Waals surface area contributed by atoms with Crippen LogP contribution in [0.1, 0.15) is 29.5 Å². The highest BCUT2D eigenvalue weighted by Gasteiger charge is 2.51. The van der Waals surface area contributed by atoms with Crippen molar-refractivity contribution in [2.24, 2.45) is 0 Å². The molecule has 0 unspecified atom stereocenters. The number of hydrogen-bond donors (Lipinski definition) is 1. The minimum Gasteiger partial charge on any atom is -0.325 e. The number of carbonyl (C=O) groups excluding carboxylic acids is 1. The van der Waals surface area contributed by atoms with Gasteiger partial charge in [-0.1, -0.05) is 41.9 Å². The van der Waals surface area contributed by atoms with Gasteiger partial charge in [0.05, 0.1) is 5.41 Å². The molecule has 0 atom stereocenters. The van der Waals surface area contributed by atoms with Crippen molar-refractivity contribution in [1.29, 1.82) is 0 Å². The van der Waals surface area contributed by atoms with Crippen molar-refractivity contribution in [1.82, 2.24) is 0 Å². The monoisotopic (exact) mass is 299 g/mol. The molecule has 2 aromatic carbocycles. The van der Waals surface area contributed by atoms with Gasteiger partial charge in [-0.3, -0.25) is 4.79 Å². The van der Waals surface area contributed by atoms with E-state index in [4.69, 9.17) is 11.6 Å². The van der Waals surface area contributed by atoms with Crippen LogP contribution >= 0.6 is 11.6 Å². The number of benzene rings is 2. The number of amides is 1. The lowest BCUT2D eigenvalue weighted by Gasteiger charge is -2.18. The fourth-order valence-corrected chi connectivity index (χ4v) is 2.99. The molecule has 0 aromatic heterocycles. The Morgan fingerprint density at radius 2 is 1.71 bits per heavy atom. The van der Waals surface area contributed by atoms with Gasteiger partial charge in [-0.05, 0) is 55.5 Å². The molecule has 0 radical (unpaired) electrons. The second kappa shape index (κ2) is 5.19. The van der Waals surface area contributed by atoms with Crippen LogP contribution in [0.15, 0.2) is 42.5 Å². The normalized spacial score (nSPS) is 15.6. The molecule has 1 aliphatic rings. The highest BCUT2D eigenvalue weighted by atomic mass is 35.5. The lowest BCUT2D eigenvalue weighted by Crippen LogP contribution is -2.28.